The third kappa shape index (κ3) is 3.21. The minimum absolute atomic E-state index is 0.0833. The van der Waals surface area contributed by atoms with Gasteiger partial charge in [-0.1, -0.05) is 6.07 Å². The van der Waals surface area contributed by atoms with E-state index in [0.717, 1.165) is 33.4 Å². The maximum atomic E-state index is 12.4. The summed E-state index contributed by atoms with van der Waals surface area (Å²) in [6, 6.07) is 7.58. The van der Waals surface area contributed by atoms with Crippen LogP contribution >= 0.6 is 11.3 Å². The van der Waals surface area contributed by atoms with E-state index in [1.165, 1.54) is 0 Å². The van der Waals surface area contributed by atoms with Gasteiger partial charge in [-0.15, -0.1) is 11.3 Å². The van der Waals surface area contributed by atoms with Gasteiger partial charge >= 0.3 is 6.18 Å². The molecule has 0 unspecified atom stereocenters. The van der Waals surface area contributed by atoms with Crippen LogP contribution in [0.1, 0.15) is 10.6 Å². The predicted molar refractivity (Wildman–Crippen MR) is 77.3 cm³/mol. The number of fused-ring (bicyclic) bond motifs is 1. The summed E-state index contributed by atoms with van der Waals surface area (Å²) in [5, 5.41) is 2.70. The monoisotopic (exact) mass is 308 g/mol. The summed E-state index contributed by atoms with van der Waals surface area (Å²) >= 11 is 1.03. The fraction of sp³-hybridized carbons (Fsp3) is 0.200. The Bertz CT molecular complexity index is 793. The van der Waals surface area contributed by atoms with Crippen molar-refractivity contribution in [3.63, 3.8) is 0 Å². The van der Waals surface area contributed by atoms with Gasteiger partial charge in [0.1, 0.15) is 5.01 Å². The van der Waals surface area contributed by atoms with E-state index < -0.39 is 12.6 Å². The molecule has 0 amide bonds. The van der Waals surface area contributed by atoms with Gasteiger partial charge in [-0.25, -0.2) is 4.98 Å². The molecule has 3 rings (SSSR count). The van der Waals surface area contributed by atoms with E-state index in [1.54, 1.807) is 11.6 Å². The molecule has 2 nitrogen and oxygen atoms in total. The van der Waals surface area contributed by atoms with E-state index in [9.17, 15) is 13.2 Å². The number of aryl methyl sites for hydroxylation is 1. The Balaban J connectivity index is 1.96. The van der Waals surface area contributed by atoms with Crippen molar-refractivity contribution in [2.45, 2.75) is 19.5 Å². The highest BCUT2D eigenvalue weighted by Gasteiger charge is 2.29. The maximum Gasteiger partial charge on any atom is 0.395 e. The molecule has 0 aliphatic heterocycles. The number of aromatic nitrogens is 2. The Morgan fingerprint density at radius 3 is 2.76 bits per heavy atom. The summed E-state index contributed by atoms with van der Waals surface area (Å²) in [7, 11) is 0. The van der Waals surface area contributed by atoms with Crippen molar-refractivity contribution in [2.24, 2.45) is 0 Å². The number of pyridine rings is 1. The Hall–Kier alpha value is -1.95. The lowest BCUT2D eigenvalue weighted by Crippen LogP contribution is -2.11. The lowest BCUT2D eigenvalue weighted by atomic mass is 10.1. The summed E-state index contributed by atoms with van der Waals surface area (Å²) in [6.07, 6.45) is -3.42. The van der Waals surface area contributed by atoms with E-state index in [1.807, 2.05) is 31.2 Å². The second-order valence-corrected chi connectivity index (χ2v) is 5.78. The third-order valence-corrected chi connectivity index (χ3v) is 3.87. The van der Waals surface area contributed by atoms with E-state index in [2.05, 4.69) is 9.97 Å². The van der Waals surface area contributed by atoms with Gasteiger partial charge in [0.25, 0.3) is 0 Å². The van der Waals surface area contributed by atoms with Gasteiger partial charge in [-0.3, -0.25) is 4.98 Å². The van der Waals surface area contributed by atoms with Crippen LogP contribution in [0, 0.1) is 6.92 Å². The summed E-state index contributed by atoms with van der Waals surface area (Å²) in [4.78, 5) is 8.38. The van der Waals surface area contributed by atoms with Crippen LogP contribution in [-0.2, 0) is 6.42 Å². The summed E-state index contributed by atoms with van der Waals surface area (Å²) in [5.41, 5.74) is 3.27. The highest BCUT2D eigenvalue weighted by Crippen LogP contribution is 2.28. The van der Waals surface area contributed by atoms with Gasteiger partial charge in [0, 0.05) is 22.5 Å². The largest absolute Gasteiger partial charge is 0.395 e. The van der Waals surface area contributed by atoms with E-state index in [0.29, 0.717) is 5.69 Å². The van der Waals surface area contributed by atoms with Gasteiger partial charge in [-0.2, -0.15) is 13.2 Å². The average molecular weight is 308 g/mol. The number of hydrogen-bond acceptors (Lipinski definition) is 3. The topological polar surface area (TPSA) is 25.8 Å². The second-order valence-electron chi connectivity index (χ2n) is 4.84. The van der Waals surface area contributed by atoms with Crippen molar-refractivity contribution in [3.8, 4) is 11.3 Å². The fourth-order valence-corrected chi connectivity index (χ4v) is 2.93. The lowest BCUT2D eigenvalue weighted by molar-refractivity contribution is -0.127. The van der Waals surface area contributed by atoms with Crippen LogP contribution < -0.4 is 0 Å². The molecule has 2 heterocycles. The number of benzene rings is 1. The first kappa shape index (κ1) is 14.0. The molecule has 3 aromatic rings. The molecule has 1 aromatic carbocycles. The average Bonchev–Trinajstić information content (AvgIpc) is 2.84. The zero-order chi connectivity index (χ0) is 15.0. The molecule has 0 saturated carbocycles. The van der Waals surface area contributed by atoms with Gasteiger partial charge in [0.05, 0.1) is 17.6 Å². The van der Waals surface area contributed by atoms with Crippen molar-refractivity contribution < 1.29 is 13.2 Å². The van der Waals surface area contributed by atoms with Crippen molar-refractivity contribution >= 4 is 22.2 Å². The Kier molecular flexibility index (Phi) is 3.41. The van der Waals surface area contributed by atoms with Crippen LogP contribution in [0.2, 0.25) is 0 Å². The first-order valence-corrected chi connectivity index (χ1v) is 7.17. The molecule has 2 aromatic heterocycles. The molecule has 0 N–H and O–H groups in total. The Morgan fingerprint density at radius 2 is 2.00 bits per heavy atom. The van der Waals surface area contributed by atoms with Crippen LogP contribution in [0.4, 0.5) is 13.2 Å². The molecule has 0 saturated heterocycles. The van der Waals surface area contributed by atoms with Crippen molar-refractivity contribution in [3.05, 3.63) is 46.4 Å². The molecule has 0 bridgehead atoms. The van der Waals surface area contributed by atoms with Crippen LogP contribution in [0.15, 0.2) is 35.8 Å². The zero-order valence-corrected chi connectivity index (χ0v) is 11.9. The molecule has 0 spiro atoms. The number of hydrogen-bond donors (Lipinski definition) is 0. The smallest absolute Gasteiger partial charge is 0.256 e. The molecule has 21 heavy (non-hydrogen) atoms. The summed E-state index contributed by atoms with van der Waals surface area (Å²) in [5.74, 6) is 0. The van der Waals surface area contributed by atoms with Crippen LogP contribution in [0.25, 0.3) is 22.2 Å². The van der Waals surface area contributed by atoms with E-state index in [-0.39, 0.29) is 5.01 Å². The fourth-order valence-electron chi connectivity index (χ4n) is 2.10. The van der Waals surface area contributed by atoms with Crippen LogP contribution in [0.5, 0.6) is 0 Å². The van der Waals surface area contributed by atoms with E-state index in [4.69, 9.17) is 0 Å². The number of halogens is 3. The molecule has 0 radical (unpaired) electrons. The zero-order valence-electron chi connectivity index (χ0n) is 11.1. The highest BCUT2D eigenvalue weighted by atomic mass is 32.1. The molecule has 0 aliphatic carbocycles. The van der Waals surface area contributed by atoms with Crippen molar-refractivity contribution in [1.82, 2.24) is 9.97 Å². The Morgan fingerprint density at radius 1 is 1.19 bits per heavy atom. The van der Waals surface area contributed by atoms with Gasteiger partial charge in [0.15, 0.2) is 0 Å². The van der Waals surface area contributed by atoms with Gasteiger partial charge < -0.3 is 0 Å². The number of rotatable bonds is 2. The lowest BCUT2D eigenvalue weighted by Gasteiger charge is -2.03. The van der Waals surface area contributed by atoms with Gasteiger partial charge in [0.2, 0.25) is 0 Å². The second kappa shape index (κ2) is 5.11. The van der Waals surface area contributed by atoms with Gasteiger partial charge in [-0.05, 0) is 30.7 Å². The van der Waals surface area contributed by atoms with Crippen molar-refractivity contribution in [2.75, 3.05) is 0 Å². The van der Waals surface area contributed by atoms with Crippen LogP contribution in [0.3, 0.4) is 0 Å². The molecule has 0 atom stereocenters. The molecular formula is C15H11F3N2S. The minimum Gasteiger partial charge on any atom is -0.256 e. The highest BCUT2D eigenvalue weighted by molar-refractivity contribution is 7.09. The van der Waals surface area contributed by atoms with Crippen LogP contribution in [-0.4, -0.2) is 16.1 Å². The Labute approximate surface area is 123 Å². The standard InChI is InChI=1S/C15H11F3N2S/c1-9-4-11-5-10(2-3-12(11)19-7-9)13-8-21-14(20-13)6-15(16,17)18/h2-5,7-8H,6H2,1H3. The molecule has 0 fully saturated rings. The molecular weight excluding hydrogens is 297 g/mol. The number of alkyl halides is 3. The molecule has 108 valence electrons. The molecule has 0 aliphatic rings. The van der Waals surface area contributed by atoms with E-state index >= 15 is 0 Å². The first-order chi connectivity index (χ1) is 9.90. The normalized spacial score (nSPS) is 12.0. The quantitative estimate of drug-likeness (QED) is 0.681. The summed E-state index contributed by atoms with van der Waals surface area (Å²) in [6.45, 7) is 1.95. The number of nitrogens with zero attached hydrogens (tertiary/aromatic N) is 2. The predicted octanol–water partition coefficient (Wildman–Crippen LogP) is 4.77. The first-order valence-electron chi connectivity index (χ1n) is 6.29. The van der Waals surface area contributed by atoms with Crippen molar-refractivity contribution in [1.29, 1.82) is 0 Å². The minimum atomic E-state index is -4.22. The molecule has 6 heteroatoms. The third-order valence-electron chi connectivity index (χ3n) is 3.02. The number of thiazole rings is 1. The SMILES string of the molecule is Cc1cnc2ccc(-c3csc(CC(F)(F)F)n3)cc2c1. The summed E-state index contributed by atoms with van der Waals surface area (Å²) < 4.78 is 37.1. The maximum absolute atomic E-state index is 12.4.